The van der Waals surface area contributed by atoms with E-state index < -0.39 is 0 Å². The second-order valence-corrected chi connectivity index (χ2v) is 5.60. The summed E-state index contributed by atoms with van der Waals surface area (Å²) in [6.07, 6.45) is 2.07. The quantitative estimate of drug-likeness (QED) is 0.693. The lowest BCUT2D eigenvalue weighted by Gasteiger charge is -2.37. The van der Waals surface area contributed by atoms with Crippen LogP contribution >= 0.6 is 24.8 Å². The van der Waals surface area contributed by atoms with Gasteiger partial charge in [-0.05, 0) is 19.9 Å². The summed E-state index contributed by atoms with van der Waals surface area (Å²) >= 11 is 0. The van der Waals surface area contributed by atoms with E-state index in [1.54, 1.807) is 0 Å². The minimum atomic E-state index is -0.0158. The molecule has 1 saturated heterocycles. The molecule has 0 spiro atoms. The van der Waals surface area contributed by atoms with Crippen LogP contribution in [-0.4, -0.2) is 62.8 Å². The van der Waals surface area contributed by atoms with Gasteiger partial charge in [-0.2, -0.15) is 0 Å². The lowest BCUT2D eigenvalue weighted by molar-refractivity contribution is -0.130. The molecule has 2 unspecified atom stereocenters. The number of nitrogens with one attached hydrogen (secondary N) is 2. The van der Waals surface area contributed by atoms with E-state index in [9.17, 15) is 4.79 Å². The summed E-state index contributed by atoms with van der Waals surface area (Å²) in [4.78, 5) is 14.9. The number of carbonyl (C=O) groups is 1. The zero-order valence-corrected chi connectivity index (χ0v) is 15.9. The lowest BCUT2D eigenvalue weighted by atomic mass is 9.91. The molecule has 0 saturated carbocycles. The van der Waals surface area contributed by atoms with Gasteiger partial charge in [-0.3, -0.25) is 9.69 Å². The third kappa shape index (κ3) is 7.47. The third-order valence-electron chi connectivity index (χ3n) is 4.28. The second kappa shape index (κ2) is 13.4. The lowest BCUT2D eigenvalue weighted by Crippen LogP contribution is -2.55. The summed E-state index contributed by atoms with van der Waals surface area (Å²) in [6, 6.07) is 0.281. The number of hydrogen-bond acceptors (Lipinski definition) is 4. The molecule has 0 bridgehead atoms. The van der Waals surface area contributed by atoms with Gasteiger partial charge in [-0.1, -0.05) is 26.7 Å². The van der Waals surface area contributed by atoms with Gasteiger partial charge in [0.2, 0.25) is 5.91 Å². The molecule has 1 aliphatic rings. The fourth-order valence-corrected chi connectivity index (χ4v) is 2.73. The number of nitrogens with zero attached hydrogens (tertiary/aromatic N) is 1. The SMILES string of the molecule is CCC(CC)C(C(=O)NCC(C)NC)N1CCOCC1.Cl.Cl. The minimum Gasteiger partial charge on any atom is -0.379 e. The van der Waals surface area contributed by atoms with Gasteiger partial charge in [0, 0.05) is 25.7 Å². The largest absolute Gasteiger partial charge is 0.379 e. The number of amides is 1. The fraction of sp³-hybridized carbons (Fsp3) is 0.933. The Balaban J connectivity index is 0. The first-order valence-corrected chi connectivity index (χ1v) is 7.90. The zero-order chi connectivity index (χ0) is 15.0. The molecule has 134 valence electrons. The van der Waals surface area contributed by atoms with E-state index in [1.807, 2.05) is 7.05 Å². The van der Waals surface area contributed by atoms with Crippen molar-refractivity contribution in [3.05, 3.63) is 0 Å². The highest BCUT2D eigenvalue weighted by molar-refractivity contribution is 5.85. The maximum Gasteiger partial charge on any atom is 0.237 e. The van der Waals surface area contributed by atoms with Crippen LogP contribution in [0.15, 0.2) is 0 Å². The predicted molar refractivity (Wildman–Crippen MR) is 96.3 cm³/mol. The van der Waals surface area contributed by atoms with Crippen LogP contribution in [0.2, 0.25) is 0 Å². The molecule has 1 heterocycles. The second-order valence-electron chi connectivity index (χ2n) is 5.60. The molecule has 1 amide bonds. The normalized spacial score (nSPS) is 18.0. The van der Waals surface area contributed by atoms with E-state index in [2.05, 4.69) is 36.3 Å². The molecular weight excluding hydrogens is 325 g/mol. The maximum absolute atomic E-state index is 12.6. The summed E-state index contributed by atoms with van der Waals surface area (Å²) < 4.78 is 5.41. The van der Waals surface area contributed by atoms with Crippen LogP contribution in [-0.2, 0) is 9.53 Å². The van der Waals surface area contributed by atoms with E-state index >= 15 is 0 Å². The third-order valence-corrected chi connectivity index (χ3v) is 4.28. The first-order chi connectivity index (χ1) is 9.63. The van der Waals surface area contributed by atoms with Gasteiger partial charge >= 0.3 is 0 Å². The number of rotatable bonds is 8. The Hall–Kier alpha value is -0.0700. The van der Waals surface area contributed by atoms with Gasteiger partial charge in [0.05, 0.1) is 19.3 Å². The Morgan fingerprint density at radius 1 is 1.18 bits per heavy atom. The molecule has 0 aromatic rings. The molecule has 2 atom stereocenters. The van der Waals surface area contributed by atoms with Gasteiger partial charge in [0.15, 0.2) is 0 Å². The van der Waals surface area contributed by atoms with Crippen molar-refractivity contribution >= 4 is 30.7 Å². The highest BCUT2D eigenvalue weighted by atomic mass is 35.5. The highest BCUT2D eigenvalue weighted by Gasteiger charge is 2.32. The first-order valence-electron chi connectivity index (χ1n) is 7.90. The average molecular weight is 358 g/mol. The van der Waals surface area contributed by atoms with Gasteiger partial charge in [0.1, 0.15) is 0 Å². The monoisotopic (exact) mass is 357 g/mol. The molecule has 7 heteroatoms. The standard InChI is InChI=1S/C15H31N3O2.2ClH/c1-5-13(6-2)14(18-7-9-20-10-8-18)15(19)17-11-12(3)16-4;;/h12-14,16H,5-11H2,1-4H3,(H,17,19);2*1H. The van der Waals surface area contributed by atoms with Crippen molar-refractivity contribution in [3.63, 3.8) is 0 Å². The van der Waals surface area contributed by atoms with Crippen LogP contribution in [0.3, 0.4) is 0 Å². The van der Waals surface area contributed by atoms with Crippen LogP contribution in [0.4, 0.5) is 0 Å². The number of morpholine rings is 1. The molecule has 0 aromatic heterocycles. The van der Waals surface area contributed by atoms with Crippen LogP contribution < -0.4 is 10.6 Å². The Bertz CT molecular complexity index is 286. The van der Waals surface area contributed by atoms with E-state index in [0.29, 0.717) is 18.5 Å². The number of halogens is 2. The number of carbonyl (C=O) groups excluding carboxylic acids is 1. The molecule has 0 aromatic carbocycles. The predicted octanol–water partition coefficient (Wildman–Crippen LogP) is 1.69. The van der Waals surface area contributed by atoms with E-state index in [4.69, 9.17) is 4.74 Å². The van der Waals surface area contributed by atoms with Crippen molar-refractivity contribution in [2.24, 2.45) is 5.92 Å². The van der Waals surface area contributed by atoms with Crippen LogP contribution in [0, 0.1) is 5.92 Å². The van der Waals surface area contributed by atoms with Gasteiger partial charge < -0.3 is 15.4 Å². The first kappa shape index (κ1) is 24.2. The molecule has 1 aliphatic heterocycles. The maximum atomic E-state index is 12.6. The average Bonchev–Trinajstić information content (AvgIpc) is 2.50. The summed E-state index contributed by atoms with van der Waals surface area (Å²) in [6.45, 7) is 10.3. The Kier molecular flexibility index (Phi) is 14.7. The fourth-order valence-electron chi connectivity index (χ4n) is 2.73. The number of likely N-dealkylation sites (N-methyl/N-ethyl adjacent to an activating group) is 1. The Morgan fingerprint density at radius 2 is 1.73 bits per heavy atom. The topological polar surface area (TPSA) is 53.6 Å². The molecule has 0 radical (unpaired) electrons. The van der Waals surface area contributed by atoms with E-state index in [0.717, 1.165) is 39.1 Å². The zero-order valence-electron chi connectivity index (χ0n) is 14.3. The molecule has 1 rings (SSSR count). The van der Waals surface area contributed by atoms with Crippen molar-refractivity contribution in [2.45, 2.75) is 45.7 Å². The molecule has 2 N–H and O–H groups in total. The summed E-state index contributed by atoms with van der Waals surface area (Å²) in [7, 11) is 1.91. The highest BCUT2D eigenvalue weighted by Crippen LogP contribution is 2.20. The van der Waals surface area contributed by atoms with Crippen molar-refractivity contribution in [1.29, 1.82) is 0 Å². The van der Waals surface area contributed by atoms with Crippen molar-refractivity contribution < 1.29 is 9.53 Å². The van der Waals surface area contributed by atoms with Crippen molar-refractivity contribution in [1.82, 2.24) is 15.5 Å². The van der Waals surface area contributed by atoms with Gasteiger partial charge in [0.25, 0.3) is 0 Å². The number of ether oxygens (including phenoxy) is 1. The summed E-state index contributed by atoms with van der Waals surface area (Å²) in [5, 5.41) is 6.24. The molecule has 0 aliphatic carbocycles. The Morgan fingerprint density at radius 3 is 2.18 bits per heavy atom. The molecule has 22 heavy (non-hydrogen) atoms. The molecular formula is C15H33Cl2N3O2. The van der Waals surface area contributed by atoms with Crippen molar-refractivity contribution in [2.75, 3.05) is 39.9 Å². The van der Waals surface area contributed by atoms with Gasteiger partial charge in [-0.15, -0.1) is 24.8 Å². The smallest absolute Gasteiger partial charge is 0.237 e. The van der Waals surface area contributed by atoms with E-state index in [1.165, 1.54) is 0 Å². The summed E-state index contributed by atoms with van der Waals surface area (Å²) in [5.74, 6) is 0.584. The molecule has 1 fully saturated rings. The van der Waals surface area contributed by atoms with Crippen LogP contribution in [0.25, 0.3) is 0 Å². The van der Waals surface area contributed by atoms with Gasteiger partial charge in [-0.25, -0.2) is 0 Å². The van der Waals surface area contributed by atoms with Crippen LogP contribution in [0.5, 0.6) is 0 Å². The summed E-state index contributed by atoms with van der Waals surface area (Å²) in [5.41, 5.74) is 0. The molecule has 5 nitrogen and oxygen atoms in total. The Labute approximate surface area is 147 Å². The van der Waals surface area contributed by atoms with E-state index in [-0.39, 0.29) is 36.8 Å². The van der Waals surface area contributed by atoms with Crippen molar-refractivity contribution in [3.8, 4) is 0 Å². The minimum absolute atomic E-state index is 0. The van der Waals surface area contributed by atoms with Crippen LogP contribution in [0.1, 0.15) is 33.6 Å². The number of hydrogen-bond donors (Lipinski definition) is 2.